The highest BCUT2D eigenvalue weighted by Crippen LogP contribution is 2.20. The zero-order valence-corrected chi connectivity index (χ0v) is 11.4. The van der Waals surface area contributed by atoms with Crippen LogP contribution in [-0.4, -0.2) is 24.2 Å². The van der Waals surface area contributed by atoms with Crippen LogP contribution >= 0.6 is 0 Å². The van der Waals surface area contributed by atoms with E-state index in [0.29, 0.717) is 5.56 Å². The van der Waals surface area contributed by atoms with Gasteiger partial charge in [-0.05, 0) is 43.2 Å². The summed E-state index contributed by atoms with van der Waals surface area (Å²) in [7, 11) is 0. The lowest BCUT2D eigenvalue weighted by atomic mass is 10.1. The van der Waals surface area contributed by atoms with Gasteiger partial charge in [-0.2, -0.15) is 0 Å². The SMILES string of the molecule is CCCCN(CC)c1cc(F)cc(/C=C/C(=O)O)c1. The fraction of sp³-hybridized carbons (Fsp3) is 0.400. The molecule has 0 spiro atoms. The van der Waals surface area contributed by atoms with Gasteiger partial charge in [0.15, 0.2) is 0 Å². The van der Waals surface area contributed by atoms with Gasteiger partial charge in [-0.15, -0.1) is 0 Å². The summed E-state index contributed by atoms with van der Waals surface area (Å²) in [6, 6.07) is 4.62. The number of hydrogen-bond acceptors (Lipinski definition) is 2. The summed E-state index contributed by atoms with van der Waals surface area (Å²) in [5.74, 6) is -1.39. The highest BCUT2D eigenvalue weighted by molar-refractivity contribution is 5.85. The second kappa shape index (κ2) is 7.56. The quantitative estimate of drug-likeness (QED) is 0.766. The molecule has 0 atom stereocenters. The first-order chi connectivity index (χ1) is 9.06. The number of aliphatic carboxylic acids is 1. The van der Waals surface area contributed by atoms with E-state index in [1.807, 2.05) is 13.0 Å². The van der Waals surface area contributed by atoms with Crippen molar-refractivity contribution in [1.82, 2.24) is 0 Å². The van der Waals surface area contributed by atoms with Gasteiger partial charge in [0.05, 0.1) is 0 Å². The average Bonchev–Trinajstić information content (AvgIpc) is 2.37. The van der Waals surface area contributed by atoms with Crippen molar-refractivity contribution >= 4 is 17.7 Å². The van der Waals surface area contributed by atoms with Crippen molar-refractivity contribution in [3.63, 3.8) is 0 Å². The van der Waals surface area contributed by atoms with Crippen LogP contribution in [-0.2, 0) is 4.79 Å². The van der Waals surface area contributed by atoms with Gasteiger partial charge in [0.25, 0.3) is 0 Å². The van der Waals surface area contributed by atoms with Gasteiger partial charge in [-0.3, -0.25) is 0 Å². The molecule has 0 amide bonds. The maximum Gasteiger partial charge on any atom is 0.328 e. The van der Waals surface area contributed by atoms with Gasteiger partial charge in [-0.25, -0.2) is 9.18 Å². The molecule has 0 bridgehead atoms. The summed E-state index contributed by atoms with van der Waals surface area (Å²) >= 11 is 0. The second-order valence-corrected chi connectivity index (χ2v) is 4.35. The summed E-state index contributed by atoms with van der Waals surface area (Å²) in [6.07, 6.45) is 4.55. The molecule has 19 heavy (non-hydrogen) atoms. The van der Waals surface area contributed by atoms with Crippen molar-refractivity contribution in [1.29, 1.82) is 0 Å². The predicted molar refractivity (Wildman–Crippen MR) is 75.9 cm³/mol. The van der Waals surface area contributed by atoms with Gasteiger partial charge in [0, 0.05) is 24.9 Å². The molecule has 1 aromatic rings. The number of hydrogen-bond donors (Lipinski definition) is 1. The van der Waals surface area contributed by atoms with E-state index < -0.39 is 5.97 Å². The second-order valence-electron chi connectivity index (χ2n) is 4.35. The van der Waals surface area contributed by atoms with Crippen LogP contribution in [0.5, 0.6) is 0 Å². The van der Waals surface area contributed by atoms with Gasteiger partial charge in [0.2, 0.25) is 0 Å². The van der Waals surface area contributed by atoms with Crippen LogP contribution < -0.4 is 4.90 Å². The molecular weight excluding hydrogens is 245 g/mol. The number of nitrogens with zero attached hydrogens (tertiary/aromatic N) is 1. The van der Waals surface area contributed by atoms with Crippen LogP contribution in [0.25, 0.3) is 6.08 Å². The number of unbranched alkanes of at least 4 members (excludes halogenated alkanes) is 1. The Balaban J connectivity index is 2.96. The normalized spacial score (nSPS) is 10.9. The minimum atomic E-state index is -1.04. The fourth-order valence-corrected chi connectivity index (χ4v) is 1.86. The lowest BCUT2D eigenvalue weighted by molar-refractivity contribution is -0.131. The Morgan fingerprint density at radius 3 is 2.68 bits per heavy atom. The molecule has 0 aliphatic carbocycles. The van der Waals surface area contributed by atoms with Crippen molar-refractivity contribution in [2.45, 2.75) is 26.7 Å². The number of anilines is 1. The summed E-state index contributed by atoms with van der Waals surface area (Å²) in [5.41, 5.74) is 1.35. The Kier molecular flexibility index (Phi) is 6.06. The summed E-state index contributed by atoms with van der Waals surface area (Å²) in [5, 5.41) is 8.59. The Morgan fingerprint density at radius 2 is 2.11 bits per heavy atom. The molecule has 1 N–H and O–H groups in total. The fourth-order valence-electron chi connectivity index (χ4n) is 1.86. The monoisotopic (exact) mass is 265 g/mol. The van der Waals surface area contributed by atoms with Gasteiger partial charge in [0.1, 0.15) is 5.82 Å². The van der Waals surface area contributed by atoms with Crippen LogP contribution in [0, 0.1) is 5.82 Å². The maximum absolute atomic E-state index is 13.6. The molecule has 0 aliphatic rings. The molecule has 0 radical (unpaired) electrons. The molecule has 104 valence electrons. The Morgan fingerprint density at radius 1 is 1.37 bits per heavy atom. The minimum absolute atomic E-state index is 0.350. The standard InChI is InChI=1S/C15H20FNO2/c1-3-5-8-17(4-2)14-10-12(6-7-15(18)19)9-13(16)11-14/h6-7,9-11H,3-5,8H2,1-2H3,(H,18,19)/b7-6+. The molecule has 0 unspecified atom stereocenters. The zero-order chi connectivity index (χ0) is 14.3. The zero-order valence-electron chi connectivity index (χ0n) is 11.4. The molecule has 4 heteroatoms. The lowest BCUT2D eigenvalue weighted by Gasteiger charge is -2.23. The molecular formula is C15H20FNO2. The Bertz CT molecular complexity index is 457. The molecule has 3 nitrogen and oxygen atoms in total. The molecule has 0 saturated carbocycles. The third kappa shape index (κ3) is 5.12. The van der Waals surface area contributed by atoms with Crippen LogP contribution in [0.1, 0.15) is 32.3 Å². The predicted octanol–water partition coefficient (Wildman–Crippen LogP) is 3.55. The van der Waals surface area contributed by atoms with E-state index >= 15 is 0 Å². The molecule has 1 rings (SSSR count). The first-order valence-corrected chi connectivity index (χ1v) is 6.53. The van der Waals surface area contributed by atoms with Gasteiger partial charge < -0.3 is 10.0 Å². The first-order valence-electron chi connectivity index (χ1n) is 6.53. The van der Waals surface area contributed by atoms with E-state index in [1.54, 1.807) is 0 Å². The van der Waals surface area contributed by atoms with Crippen LogP contribution in [0.15, 0.2) is 24.3 Å². The minimum Gasteiger partial charge on any atom is -0.478 e. The highest BCUT2D eigenvalue weighted by Gasteiger charge is 2.06. The largest absolute Gasteiger partial charge is 0.478 e. The van der Waals surface area contributed by atoms with Crippen molar-refractivity contribution in [2.24, 2.45) is 0 Å². The molecule has 0 saturated heterocycles. The smallest absolute Gasteiger partial charge is 0.328 e. The number of carbonyl (C=O) groups is 1. The Labute approximate surface area is 113 Å². The van der Waals surface area contributed by atoms with Crippen molar-refractivity contribution in [3.05, 3.63) is 35.7 Å². The number of halogens is 1. The van der Waals surface area contributed by atoms with Crippen LogP contribution in [0.3, 0.4) is 0 Å². The van der Waals surface area contributed by atoms with Crippen LogP contribution in [0.2, 0.25) is 0 Å². The molecule has 0 fully saturated rings. The topological polar surface area (TPSA) is 40.5 Å². The van der Waals surface area contributed by atoms with Crippen molar-refractivity contribution in [3.8, 4) is 0 Å². The Hall–Kier alpha value is -1.84. The molecule has 1 aromatic carbocycles. The van der Waals surface area contributed by atoms with E-state index in [4.69, 9.17) is 5.11 Å². The van der Waals surface area contributed by atoms with E-state index in [9.17, 15) is 9.18 Å². The highest BCUT2D eigenvalue weighted by atomic mass is 19.1. The summed E-state index contributed by atoms with van der Waals surface area (Å²) in [4.78, 5) is 12.6. The van der Waals surface area contributed by atoms with E-state index in [2.05, 4.69) is 11.8 Å². The number of benzene rings is 1. The maximum atomic E-state index is 13.6. The number of rotatable bonds is 7. The third-order valence-electron chi connectivity index (χ3n) is 2.85. The van der Waals surface area contributed by atoms with Crippen molar-refractivity contribution in [2.75, 3.05) is 18.0 Å². The van der Waals surface area contributed by atoms with Crippen molar-refractivity contribution < 1.29 is 14.3 Å². The number of carboxylic acids is 1. The van der Waals surface area contributed by atoms with E-state index in [0.717, 1.165) is 37.7 Å². The lowest BCUT2D eigenvalue weighted by Crippen LogP contribution is -2.23. The van der Waals surface area contributed by atoms with Gasteiger partial charge in [-0.1, -0.05) is 13.3 Å². The van der Waals surface area contributed by atoms with E-state index in [-0.39, 0.29) is 5.82 Å². The average molecular weight is 265 g/mol. The van der Waals surface area contributed by atoms with Gasteiger partial charge >= 0.3 is 5.97 Å². The summed E-state index contributed by atoms with van der Waals surface area (Å²) in [6.45, 7) is 5.80. The first kappa shape index (κ1) is 15.2. The molecule has 0 aromatic heterocycles. The van der Waals surface area contributed by atoms with E-state index in [1.165, 1.54) is 18.2 Å². The van der Waals surface area contributed by atoms with Crippen LogP contribution in [0.4, 0.5) is 10.1 Å². The molecule has 0 heterocycles. The third-order valence-corrected chi connectivity index (χ3v) is 2.85. The number of carboxylic acid groups (broad SMARTS) is 1. The summed E-state index contributed by atoms with van der Waals surface area (Å²) < 4.78 is 13.6. The molecule has 0 aliphatic heterocycles.